The Balaban J connectivity index is 1.74. The van der Waals surface area contributed by atoms with Crippen LogP contribution in [0.4, 0.5) is 5.69 Å². The second-order valence-corrected chi connectivity index (χ2v) is 7.94. The van der Waals surface area contributed by atoms with Gasteiger partial charge in [0, 0.05) is 12.1 Å². The molecule has 1 atom stereocenters. The highest BCUT2D eigenvalue weighted by Gasteiger charge is 2.44. The Morgan fingerprint density at radius 3 is 2.23 bits per heavy atom. The third-order valence-electron chi connectivity index (χ3n) is 5.79. The summed E-state index contributed by atoms with van der Waals surface area (Å²) in [4.78, 5) is 28.0. The second kappa shape index (κ2) is 8.60. The molecule has 0 aromatic heterocycles. The lowest BCUT2D eigenvalue weighted by Crippen LogP contribution is -2.31. The molecule has 4 rings (SSSR count). The van der Waals surface area contributed by atoms with E-state index < -0.39 is 17.7 Å². The predicted octanol–water partition coefficient (Wildman–Crippen LogP) is 5.41. The summed E-state index contributed by atoms with van der Waals surface area (Å²) >= 11 is 0. The van der Waals surface area contributed by atoms with E-state index in [0.717, 1.165) is 22.3 Å². The lowest BCUT2D eigenvalue weighted by Gasteiger charge is -2.28. The van der Waals surface area contributed by atoms with Crippen LogP contribution >= 0.6 is 0 Å². The van der Waals surface area contributed by atoms with Gasteiger partial charge >= 0.3 is 0 Å². The van der Waals surface area contributed by atoms with Crippen molar-refractivity contribution in [2.45, 2.75) is 32.7 Å². The number of benzene rings is 3. The quantitative estimate of drug-likeness (QED) is 0.590. The number of carbonyl (C=O) groups is 2. The molecule has 4 nitrogen and oxygen atoms in total. The standard InChI is InChI=1S/C27H25NO3/c1-18-12-15-21(16-13-18)28-25(22-11-7-6-8-19(22)2)24(26(30)27(28)31)23(29)17-14-20-9-4-3-5-10-20/h3-13,15-16,25,30H,14,17H2,1-2H3. The van der Waals surface area contributed by atoms with Crippen molar-refractivity contribution in [3.05, 3.63) is 112 Å². The van der Waals surface area contributed by atoms with Crippen LogP contribution in [-0.2, 0) is 16.0 Å². The van der Waals surface area contributed by atoms with Crippen molar-refractivity contribution >= 4 is 17.4 Å². The van der Waals surface area contributed by atoms with E-state index in [9.17, 15) is 14.7 Å². The summed E-state index contributed by atoms with van der Waals surface area (Å²) in [6.07, 6.45) is 0.774. The Kier molecular flexibility index (Phi) is 5.72. The largest absolute Gasteiger partial charge is 0.503 e. The molecule has 0 aliphatic carbocycles. The van der Waals surface area contributed by atoms with Gasteiger partial charge in [-0.2, -0.15) is 0 Å². The van der Waals surface area contributed by atoms with Gasteiger partial charge < -0.3 is 5.11 Å². The minimum absolute atomic E-state index is 0.177. The fourth-order valence-electron chi connectivity index (χ4n) is 4.09. The lowest BCUT2D eigenvalue weighted by molar-refractivity contribution is -0.118. The van der Waals surface area contributed by atoms with Gasteiger partial charge in [-0.05, 0) is 49.1 Å². The minimum Gasteiger partial charge on any atom is -0.503 e. The fourth-order valence-corrected chi connectivity index (χ4v) is 4.09. The van der Waals surface area contributed by atoms with E-state index in [2.05, 4.69) is 0 Å². The highest BCUT2D eigenvalue weighted by Crippen LogP contribution is 2.42. The van der Waals surface area contributed by atoms with E-state index in [1.807, 2.05) is 92.7 Å². The van der Waals surface area contributed by atoms with Crippen LogP contribution in [0.25, 0.3) is 0 Å². The first-order valence-electron chi connectivity index (χ1n) is 10.4. The molecule has 156 valence electrons. The Morgan fingerprint density at radius 2 is 1.55 bits per heavy atom. The fraction of sp³-hybridized carbons (Fsp3) is 0.185. The highest BCUT2D eigenvalue weighted by molar-refractivity contribution is 6.16. The summed E-state index contributed by atoms with van der Waals surface area (Å²) in [7, 11) is 0. The third kappa shape index (κ3) is 4.02. The first kappa shape index (κ1) is 20.6. The smallest absolute Gasteiger partial charge is 0.294 e. The average Bonchev–Trinajstić information content (AvgIpc) is 3.04. The molecule has 0 saturated heterocycles. The Bertz CT molecular complexity index is 1150. The van der Waals surface area contributed by atoms with Gasteiger partial charge in [-0.3, -0.25) is 14.5 Å². The van der Waals surface area contributed by atoms with Crippen LogP contribution in [0, 0.1) is 13.8 Å². The number of anilines is 1. The van der Waals surface area contributed by atoms with Crippen molar-refractivity contribution in [1.82, 2.24) is 0 Å². The lowest BCUT2D eigenvalue weighted by atomic mass is 9.90. The Morgan fingerprint density at radius 1 is 0.903 bits per heavy atom. The van der Waals surface area contributed by atoms with Crippen LogP contribution < -0.4 is 4.90 Å². The molecular weight excluding hydrogens is 386 g/mol. The maximum atomic E-state index is 13.3. The summed E-state index contributed by atoms with van der Waals surface area (Å²) in [5.41, 5.74) is 4.74. The van der Waals surface area contributed by atoms with Crippen LogP contribution in [0.5, 0.6) is 0 Å². The number of ketones is 1. The molecule has 1 heterocycles. The van der Waals surface area contributed by atoms with Gasteiger partial charge in [-0.25, -0.2) is 0 Å². The molecule has 31 heavy (non-hydrogen) atoms. The zero-order valence-electron chi connectivity index (χ0n) is 17.7. The summed E-state index contributed by atoms with van der Waals surface area (Å²) < 4.78 is 0. The Labute approximate surface area is 182 Å². The van der Waals surface area contributed by atoms with Gasteiger partial charge in [0.05, 0.1) is 11.6 Å². The van der Waals surface area contributed by atoms with Crippen molar-refractivity contribution in [2.24, 2.45) is 0 Å². The summed E-state index contributed by atoms with van der Waals surface area (Å²) in [6, 6.07) is 24.3. The van der Waals surface area contributed by atoms with E-state index in [0.29, 0.717) is 12.1 Å². The van der Waals surface area contributed by atoms with Crippen molar-refractivity contribution in [1.29, 1.82) is 0 Å². The number of amides is 1. The van der Waals surface area contributed by atoms with Crippen LogP contribution in [0.15, 0.2) is 90.2 Å². The highest BCUT2D eigenvalue weighted by atomic mass is 16.3. The van der Waals surface area contributed by atoms with E-state index in [1.165, 1.54) is 4.90 Å². The molecule has 3 aromatic rings. The second-order valence-electron chi connectivity index (χ2n) is 7.94. The van der Waals surface area contributed by atoms with Gasteiger partial charge in [0.25, 0.3) is 5.91 Å². The number of carbonyl (C=O) groups excluding carboxylic acids is 2. The number of Topliss-reactive ketones (excluding diaryl/α,β-unsaturated/α-hetero) is 1. The van der Waals surface area contributed by atoms with Crippen LogP contribution in [-0.4, -0.2) is 16.8 Å². The van der Waals surface area contributed by atoms with Crippen LogP contribution in [0.2, 0.25) is 0 Å². The molecule has 3 aromatic carbocycles. The van der Waals surface area contributed by atoms with Crippen LogP contribution in [0.1, 0.15) is 34.7 Å². The molecule has 1 aliphatic heterocycles. The molecule has 1 aliphatic rings. The number of aliphatic hydroxyl groups excluding tert-OH is 1. The first-order valence-corrected chi connectivity index (χ1v) is 10.4. The van der Waals surface area contributed by atoms with Gasteiger partial charge in [-0.1, -0.05) is 72.3 Å². The van der Waals surface area contributed by atoms with E-state index in [1.54, 1.807) is 0 Å². The van der Waals surface area contributed by atoms with E-state index >= 15 is 0 Å². The number of hydrogen-bond acceptors (Lipinski definition) is 3. The number of aliphatic hydroxyl groups is 1. The SMILES string of the molecule is Cc1ccc(N2C(=O)C(O)=C(C(=O)CCc3ccccc3)C2c2ccccc2C)cc1. The predicted molar refractivity (Wildman–Crippen MR) is 122 cm³/mol. The van der Waals surface area contributed by atoms with Gasteiger partial charge in [0.2, 0.25) is 0 Å². The third-order valence-corrected chi connectivity index (χ3v) is 5.79. The molecule has 1 amide bonds. The maximum absolute atomic E-state index is 13.3. The van der Waals surface area contributed by atoms with Gasteiger partial charge in [-0.15, -0.1) is 0 Å². The summed E-state index contributed by atoms with van der Waals surface area (Å²) in [5, 5.41) is 10.8. The minimum atomic E-state index is -0.653. The van der Waals surface area contributed by atoms with Crippen molar-refractivity contribution < 1.29 is 14.7 Å². The monoisotopic (exact) mass is 411 g/mol. The Hall–Kier alpha value is -3.66. The molecule has 0 saturated carbocycles. The zero-order chi connectivity index (χ0) is 22.0. The summed E-state index contributed by atoms with van der Waals surface area (Å²) in [6.45, 7) is 3.93. The molecule has 1 unspecified atom stereocenters. The van der Waals surface area contributed by atoms with E-state index in [-0.39, 0.29) is 17.8 Å². The van der Waals surface area contributed by atoms with Crippen LogP contribution in [0.3, 0.4) is 0 Å². The molecular formula is C27H25NO3. The van der Waals surface area contributed by atoms with Crippen molar-refractivity contribution in [3.8, 4) is 0 Å². The molecule has 0 spiro atoms. The van der Waals surface area contributed by atoms with Crippen molar-refractivity contribution in [3.63, 3.8) is 0 Å². The summed E-state index contributed by atoms with van der Waals surface area (Å²) in [5.74, 6) is -1.20. The van der Waals surface area contributed by atoms with E-state index in [4.69, 9.17) is 0 Å². The normalized spacial score (nSPS) is 16.1. The number of hydrogen-bond donors (Lipinski definition) is 1. The zero-order valence-corrected chi connectivity index (χ0v) is 17.7. The number of nitrogens with zero attached hydrogens (tertiary/aromatic N) is 1. The maximum Gasteiger partial charge on any atom is 0.294 e. The van der Waals surface area contributed by atoms with Gasteiger partial charge in [0.1, 0.15) is 0 Å². The first-order chi connectivity index (χ1) is 15.0. The van der Waals surface area contributed by atoms with Gasteiger partial charge in [0.15, 0.2) is 11.5 Å². The molecule has 0 fully saturated rings. The van der Waals surface area contributed by atoms with Crippen molar-refractivity contribution in [2.75, 3.05) is 4.90 Å². The molecule has 0 radical (unpaired) electrons. The topological polar surface area (TPSA) is 57.6 Å². The molecule has 1 N–H and O–H groups in total. The molecule has 4 heteroatoms. The average molecular weight is 412 g/mol. The molecule has 0 bridgehead atoms. The number of rotatable bonds is 6. The number of aryl methyl sites for hydroxylation is 3.